The van der Waals surface area contributed by atoms with Crippen molar-refractivity contribution in [2.24, 2.45) is 4.99 Å². The molecule has 6 nitrogen and oxygen atoms in total. The summed E-state index contributed by atoms with van der Waals surface area (Å²) in [6.45, 7) is 2.00. The molecule has 3 aromatic carbocycles. The number of aromatic nitrogens is 1. The number of para-hydroxylation sites is 1. The van der Waals surface area contributed by atoms with Gasteiger partial charge in [0.05, 0.1) is 11.4 Å². The monoisotopic (exact) mass is 466 g/mol. The Bertz CT molecular complexity index is 1440. The molecule has 0 atom stereocenters. The van der Waals surface area contributed by atoms with Gasteiger partial charge in [0.15, 0.2) is 5.17 Å². The quantitative estimate of drug-likeness (QED) is 0.376. The molecular weight excluding hydrogens is 444 g/mol. The molecule has 0 fully saturated rings. The van der Waals surface area contributed by atoms with E-state index in [9.17, 15) is 9.59 Å². The Morgan fingerprint density at radius 2 is 1.85 bits per heavy atom. The van der Waals surface area contributed by atoms with Crippen molar-refractivity contribution in [3.8, 4) is 0 Å². The second-order valence-corrected chi connectivity index (χ2v) is 8.82. The van der Waals surface area contributed by atoms with E-state index >= 15 is 0 Å². The minimum Gasteiger partial charge on any atom is -0.361 e. The van der Waals surface area contributed by atoms with Crippen LogP contribution in [-0.4, -0.2) is 27.7 Å². The van der Waals surface area contributed by atoms with Crippen molar-refractivity contribution in [1.29, 1.82) is 0 Å². The van der Waals surface area contributed by atoms with Gasteiger partial charge >= 0.3 is 0 Å². The molecule has 1 aromatic heterocycles. The van der Waals surface area contributed by atoms with Crippen LogP contribution in [0.1, 0.15) is 11.1 Å². The largest absolute Gasteiger partial charge is 0.361 e. The van der Waals surface area contributed by atoms with Gasteiger partial charge in [-0.1, -0.05) is 60.3 Å². The van der Waals surface area contributed by atoms with Gasteiger partial charge in [0.1, 0.15) is 5.70 Å². The van der Waals surface area contributed by atoms with Crippen LogP contribution < -0.4 is 10.2 Å². The third-order valence-electron chi connectivity index (χ3n) is 5.50. The number of nitrogens with zero attached hydrogens (tertiary/aromatic N) is 2. The van der Waals surface area contributed by atoms with E-state index in [4.69, 9.17) is 0 Å². The summed E-state index contributed by atoms with van der Waals surface area (Å²) >= 11 is 1.24. The number of anilines is 2. The zero-order valence-corrected chi connectivity index (χ0v) is 19.3. The van der Waals surface area contributed by atoms with Crippen molar-refractivity contribution in [3.05, 3.63) is 102 Å². The Labute approximate surface area is 201 Å². The number of carbonyl (C=O) groups excluding carboxylic acids is 2. The molecule has 0 radical (unpaired) electrons. The summed E-state index contributed by atoms with van der Waals surface area (Å²) < 4.78 is 0. The predicted molar refractivity (Wildman–Crippen MR) is 140 cm³/mol. The van der Waals surface area contributed by atoms with Crippen LogP contribution >= 0.6 is 11.8 Å². The maximum Gasteiger partial charge on any atom is 0.283 e. The number of aryl methyl sites for hydroxylation is 1. The van der Waals surface area contributed by atoms with E-state index in [2.05, 4.69) is 15.3 Å². The lowest BCUT2D eigenvalue weighted by molar-refractivity contribution is -0.114. The summed E-state index contributed by atoms with van der Waals surface area (Å²) in [5.74, 6) is -0.263. The summed E-state index contributed by atoms with van der Waals surface area (Å²) in [6, 6.07) is 24.9. The van der Waals surface area contributed by atoms with E-state index in [1.54, 1.807) is 11.0 Å². The van der Waals surface area contributed by atoms with Crippen LogP contribution in [0.3, 0.4) is 0 Å². The van der Waals surface area contributed by atoms with Crippen LogP contribution in [0.5, 0.6) is 0 Å². The molecule has 34 heavy (non-hydrogen) atoms. The van der Waals surface area contributed by atoms with E-state index in [1.165, 1.54) is 11.8 Å². The first-order valence-corrected chi connectivity index (χ1v) is 11.8. The molecule has 0 saturated carbocycles. The molecule has 1 aliphatic heterocycles. The number of aliphatic imine (C=N–C) groups is 1. The predicted octanol–water partition coefficient (Wildman–Crippen LogP) is 5.59. The number of fused-ring (bicyclic) bond motifs is 1. The number of nitrogens with one attached hydrogen (secondary N) is 2. The first-order valence-electron chi connectivity index (χ1n) is 10.8. The van der Waals surface area contributed by atoms with Gasteiger partial charge < -0.3 is 10.3 Å². The van der Waals surface area contributed by atoms with Gasteiger partial charge in [0.2, 0.25) is 5.91 Å². The standard InChI is InChI=1S/C27H22N4O2S/c1-18-7-5-6-8-20(18)15-24-26(33)31(22-9-3-2-4-10-22)27(30-24)34-17-25(32)29-21-12-11-19-13-14-28-23(19)16-21/h2-16,28H,17H2,1H3,(H,29,32)/b24-15-. The molecule has 1 aliphatic rings. The molecule has 2 N–H and O–H groups in total. The zero-order chi connectivity index (χ0) is 23.5. The second kappa shape index (κ2) is 9.41. The number of benzene rings is 3. The zero-order valence-electron chi connectivity index (χ0n) is 18.5. The molecule has 7 heteroatoms. The van der Waals surface area contributed by atoms with Crippen molar-refractivity contribution in [2.45, 2.75) is 6.92 Å². The normalized spacial score (nSPS) is 14.6. The van der Waals surface area contributed by atoms with Crippen molar-refractivity contribution in [3.63, 3.8) is 0 Å². The van der Waals surface area contributed by atoms with Crippen LogP contribution in [0.15, 0.2) is 95.7 Å². The summed E-state index contributed by atoms with van der Waals surface area (Å²) in [5.41, 5.74) is 4.72. The highest BCUT2D eigenvalue weighted by Gasteiger charge is 2.32. The number of rotatable bonds is 5. The van der Waals surface area contributed by atoms with Gasteiger partial charge in [-0.25, -0.2) is 4.99 Å². The van der Waals surface area contributed by atoms with Gasteiger partial charge in [0.25, 0.3) is 5.91 Å². The lowest BCUT2D eigenvalue weighted by Crippen LogP contribution is -2.31. The fourth-order valence-electron chi connectivity index (χ4n) is 3.75. The first-order chi connectivity index (χ1) is 16.6. The minimum absolute atomic E-state index is 0.121. The number of H-pyrrole nitrogens is 1. The van der Waals surface area contributed by atoms with Crippen molar-refractivity contribution in [2.75, 3.05) is 16.0 Å². The lowest BCUT2D eigenvalue weighted by Gasteiger charge is -2.17. The Kier molecular flexibility index (Phi) is 6.01. The number of aromatic amines is 1. The third-order valence-corrected chi connectivity index (χ3v) is 6.43. The molecule has 0 aliphatic carbocycles. The highest BCUT2D eigenvalue weighted by Crippen LogP contribution is 2.30. The van der Waals surface area contributed by atoms with Crippen molar-refractivity contribution >= 4 is 57.1 Å². The van der Waals surface area contributed by atoms with Crippen LogP contribution in [0.4, 0.5) is 11.4 Å². The minimum atomic E-state index is -0.213. The maximum atomic E-state index is 13.3. The smallest absolute Gasteiger partial charge is 0.283 e. The number of amidine groups is 1. The second-order valence-electron chi connectivity index (χ2n) is 7.87. The Balaban J connectivity index is 1.37. The van der Waals surface area contributed by atoms with Crippen LogP contribution in [-0.2, 0) is 9.59 Å². The van der Waals surface area contributed by atoms with Crippen molar-refractivity contribution < 1.29 is 9.59 Å². The van der Waals surface area contributed by atoms with Gasteiger partial charge in [-0.2, -0.15) is 0 Å². The van der Waals surface area contributed by atoms with E-state index in [-0.39, 0.29) is 17.6 Å². The molecule has 2 amide bonds. The summed E-state index contributed by atoms with van der Waals surface area (Å²) in [7, 11) is 0. The van der Waals surface area contributed by atoms with Crippen LogP contribution in [0.2, 0.25) is 0 Å². The number of carbonyl (C=O) groups is 2. The third kappa shape index (κ3) is 4.51. The Hall–Kier alpha value is -4.10. The number of thioether (sulfide) groups is 1. The topological polar surface area (TPSA) is 77.6 Å². The van der Waals surface area contributed by atoms with Crippen molar-refractivity contribution in [1.82, 2.24) is 4.98 Å². The van der Waals surface area contributed by atoms with Crippen LogP contribution in [0.25, 0.3) is 17.0 Å². The van der Waals surface area contributed by atoms with Gasteiger partial charge in [-0.05, 0) is 59.8 Å². The molecule has 168 valence electrons. The summed E-state index contributed by atoms with van der Waals surface area (Å²) in [4.78, 5) is 35.3. The molecule has 4 aromatic rings. The highest BCUT2D eigenvalue weighted by atomic mass is 32.2. The summed E-state index contributed by atoms with van der Waals surface area (Å²) in [6.07, 6.45) is 3.66. The summed E-state index contributed by atoms with van der Waals surface area (Å²) in [5, 5.41) is 4.48. The molecule has 2 heterocycles. The molecule has 5 rings (SSSR count). The highest BCUT2D eigenvalue weighted by molar-refractivity contribution is 8.14. The lowest BCUT2D eigenvalue weighted by atomic mass is 10.1. The number of hydrogen-bond donors (Lipinski definition) is 2. The van der Waals surface area contributed by atoms with Gasteiger partial charge in [0, 0.05) is 17.4 Å². The molecule has 0 saturated heterocycles. The number of hydrogen-bond acceptors (Lipinski definition) is 4. The average molecular weight is 467 g/mol. The number of amides is 2. The van der Waals surface area contributed by atoms with Crippen LogP contribution in [0, 0.1) is 6.92 Å². The fraction of sp³-hybridized carbons (Fsp3) is 0.0741. The molecule has 0 spiro atoms. The Morgan fingerprint density at radius 1 is 1.06 bits per heavy atom. The molecular formula is C27H22N4O2S. The fourth-order valence-corrected chi connectivity index (χ4v) is 4.56. The SMILES string of the molecule is Cc1ccccc1/C=C1\N=C(SCC(=O)Nc2ccc3cc[nH]c3c2)N(c2ccccc2)C1=O. The van der Waals surface area contributed by atoms with E-state index < -0.39 is 0 Å². The average Bonchev–Trinajstić information content (AvgIpc) is 3.43. The van der Waals surface area contributed by atoms with E-state index in [0.717, 1.165) is 22.0 Å². The first kappa shape index (κ1) is 21.7. The maximum absolute atomic E-state index is 13.3. The Morgan fingerprint density at radius 3 is 2.68 bits per heavy atom. The molecule has 0 unspecified atom stereocenters. The van der Waals surface area contributed by atoms with E-state index in [1.807, 2.05) is 92.0 Å². The van der Waals surface area contributed by atoms with E-state index in [0.29, 0.717) is 22.2 Å². The van der Waals surface area contributed by atoms with Gasteiger partial charge in [-0.15, -0.1) is 0 Å². The molecule has 0 bridgehead atoms. The van der Waals surface area contributed by atoms with Gasteiger partial charge in [-0.3, -0.25) is 14.5 Å².